The Bertz CT molecular complexity index is 186. The summed E-state index contributed by atoms with van der Waals surface area (Å²) in [4.78, 5) is 0. The number of quaternary nitrogens is 1. The number of nitrogens with zero attached hydrogens (tertiary/aromatic N) is 2. The van der Waals surface area contributed by atoms with Crippen LogP contribution in [-0.2, 0) is 6.54 Å². The largest absolute Gasteiger partial charge is 0.364 e. The Balaban J connectivity index is 2.57. The van der Waals surface area contributed by atoms with Gasteiger partial charge in [-0.2, -0.15) is 0 Å². The Morgan fingerprint density at radius 2 is 2.20 bits per heavy atom. The molecule has 1 aromatic rings. The molecular weight excluding hydrogens is 128 g/mol. The van der Waals surface area contributed by atoms with E-state index in [1.54, 1.807) is 12.5 Å². The van der Waals surface area contributed by atoms with Crippen LogP contribution in [0.25, 0.3) is 0 Å². The van der Waals surface area contributed by atoms with Gasteiger partial charge in [-0.15, -0.1) is 0 Å². The van der Waals surface area contributed by atoms with Crippen LogP contribution in [0.3, 0.4) is 0 Å². The molecule has 3 heteroatoms. The number of hydrogen-bond donors (Lipinski definition) is 0. The summed E-state index contributed by atoms with van der Waals surface area (Å²) in [5.74, 6) is 0. The van der Waals surface area contributed by atoms with Gasteiger partial charge >= 0.3 is 0 Å². The van der Waals surface area contributed by atoms with Crippen LogP contribution in [0.1, 0.15) is 5.56 Å². The van der Waals surface area contributed by atoms with Crippen molar-refractivity contribution in [3.05, 3.63) is 18.0 Å². The molecule has 56 valence electrons. The second kappa shape index (κ2) is 2.42. The number of hydrogen-bond acceptors (Lipinski definition) is 2. The fourth-order valence-electron chi connectivity index (χ4n) is 0.852. The van der Waals surface area contributed by atoms with E-state index in [9.17, 15) is 0 Å². The first-order chi connectivity index (χ1) is 4.58. The van der Waals surface area contributed by atoms with E-state index in [4.69, 9.17) is 4.52 Å². The maximum absolute atomic E-state index is 4.70. The van der Waals surface area contributed by atoms with Gasteiger partial charge in [0.25, 0.3) is 0 Å². The van der Waals surface area contributed by atoms with Crippen LogP contribution in [0.15, 0.2) is 17.0 Å². The Kier molecular flexibility index (Phi) is 1.76. The van der Waals surface area contributed by atoms with Gasteiger partial charge in [-0.3, -0.25) is 0 Å². The molecule has 0 aromatic carbocycles. The van der Waals surface area contributed by atoms with Crippen LogP contribution in [0, 0.1) is 0 Å². The van der Waals surface area contributed by atoms with Crippen molar-refractivity contribution in [1.82, 2.24) is 5.16 Å². The lowest BCUT2D eigenvalue weighted by Crippen LogP contribution is -2.33. The molecule has 0 bridgehead atoms. The van der Waals surface area contributed by atoms with Crippen LogP contribution in [0.2, 0.25) is 0 Å². The molecule has 10 heavy (non-hydrogen) atoms. The summed E-state index contributed by atoms with van der Waals surface area (Å²) in [6, 6.07) is 0. The third-order valence-electron chi connectivity index (χ3n) is 1.14. The molecular formula is C7H13N2O+. The predicted molar refractivity (Wildman–Crippen MR) is 38.2 cm³/mol. The lowest BCUT2D eigenvalue weighted by atomic mass is 10.3. The first-order valence-electron chi connectivity index (χ1n) is 3.27. The Morgan fingerprint density at radius 3 is 2.60 bits per heavy atom. The third-order valence-corrected chi connectivity index (χ3v) is 1.14. The van der Waals surface area contributed by atoms with E-state index in [0.717, 1.165) is 16.6 Å². The van der Waals surface area contributed by atoms with E-state index in [1.165, 1.54) is 0 Å². The molecule has 0 aliphatic heterocycles. The van der Waals surface area contributed by atoms with Crippen LogP contribution in [-0.4, -0.2) is 30.8 Å². The van der Waals surface area contributed by atoms with E-state index in [-0.39, 0.29) is 0 Å². The Labute approximate surface area is 60.8 Å². The smallest absolute Gasteiger partial charge is 0.132 e. The van der Waals surface area contributed by atoms with Gasteiger partial charge < -0.3 is 9.01 Å². The summed E-state index contributed by atoms with van der Waals surface area (Å²) in [5.41, 5.74) is 1.15. The highest BCUT2D eigenvalue weighted by Gasteiger charge is 2.08. The van der Waals surface area contributed by atoms with E-state index in [2.05, 4.69) is 26.3 Å². The fourth-order valence-corrected chi connectivity index (χ4v) is 0.852. The van der Waals surface area contributed by atoms with Crippen molar-refractivity contribution in [2.45, 2.75) is 6.54 Å². The van der Waals surface area contributed by atoms with E-state index in [1.807, 2.05) is 0 Å². The number of rotatable bonds is 2. The molecule has 0 aliphatic rings. The van der Waals surface area contributed by atoms with Gasteiger partial charge in [-0.05, 0) is 0 Å². The zero-order chi connectivity index (χ0) is 7.61. The minimum atomic E-state index is 0.904. The maximum atomic E-state index is 4.70. The second-order valence-electron chi connectivity index (χ2n) is 3.48. The molecule has 0 saturated carbocycles. The molecule has 1 heterocycles. The van der Waals surface area contributed by atoms with Crippen molar-refractivity contribution in [3.63, 3.8) is 0 Å². The molecule has 0 atom stereocenters. The van der Waals surface area contributed by atoms with Crippen molar-refractivity contribution in [2.75, 3.05) is 21.1 Å². The van der Waals surface area contributed by atoms with Gasteiger partial charge in [-0.25, -0.2) is 0 Å². The molecule has 0 amide bonds. The molecule has 0 saturated heterocycles. The summed E-state index contributed by atoms with van der Waals surface area (Å²) in [6.45, 7) is 0.962. The van der Waals surface area contributed by atoms with Gasteiger partial charge in [0, 0.05) is 0 Å². The Hall–Kier alpha value is -0.830. The summed E-state index contributed by atoms with van der Waals surface area (Å²) >= 11 is 0. The molecule has 0 aliphatic carbocycles. The summed E-state index contributed by atoms with van der Waals surface area (Å²) in [7, 11) is 6.40. The van der Waals surface area contributed by atoms with E-state index >= 15 is 0 Å². The van der Waals surface area contributed by atoms with E-state index < -0.39 is 0 Å². The minimum absolute atomic E-state index is 0.904. The highest BCUT2D eigenvalue weighted by molar-refractivity contribution is 4.97. The van der Waals surface area contributed by atoms with Gasteiger partial charge in [0.1, 0.15) is 12.8 Å². The molecule has 1 aromatic heterocycles. The minimum Gasteiger partial charge on any atom is -0.364 e. The van der Waals surface area contributed by atoms with Crippen LogP contribution >= 0.6 is 0 Å². The van der Waals surface area contributed by atoms with Gasteiger partial charge in [0.15, 0.2) is 0 Å². The lowest BCUT2D eigenvalue weighted by Gasteiger charge is -2.22. The monoisotopic (exact) mass is 141 g/mol. The average Bonchev–Trinajstić information content (AvgIpc) is 2.12. The lowest BCUT2D eigenvalue weighted by molar-refractivity contribution is -0.884. The predicted octanol–water partition coefficient (Wildman–Crippen LogP) is 0.881. The summed E-state index contributed by atoms with van der Waals surface area (Å²) in [5, 5.41) is 3.62. The highest BCUT2D eigenvalue weighted by atomic mass is 16.5. The number of aromatic nitrogens is 1. The average molecular weight is 141 g/mol. The third kappa shape index (κ3) is 2.19. The zero-order valence-electron chi connectivity index (χ0n) is 6.66. The van der Waals surface area contributed by atoms with Crippen LogP contribution in [0.4, 0.5) is 0 Å². The molecule has 0 fully saturated rings. The highest BCUT2D eigenvalue weighted by Crippen LogP contribution is 2.03. The van der Waals surface area contributed by atoms with Crippen molar-refractivity contribution in [3.8, 4) is 0 Å². The summed E-state index contributed by atoms with van der Waals surface area (Å²) < 4.78 is 5.60. The van der Waals surface area contributed by atoms with Crippen molar-refractivity contribution in [2.24, 2.45) is 0 Å². The maximum Gasteiger partial charge on any atom is 0.132 e. The fraction of sp³-hybridized carbons (Fsp3) is 0.571. The van der Waals surface area contributed by atoms with E-state index in [0.29, 0.717) is 0 Å². The normalized spacial score (nSPS) is 11.9. The first-order valence-corrected chi connectivity index (χ1v) is 3.27. The topological polar surface area (TPSA) is 26.0 Å². The summed E-state index contributed by atoms with van der Waals surface area (Å²) in [6.07, 6.45) is 3.44. The van der Waals surface area contributed by atoms with Gasteiger partial charge in [-0.1, -0.05) is 5.16 Å². The van der Waals surface area contributed by atoms with Gasteiger partial charge in [0.05, 0.1) is 32.9 Å². The second-order valence-corrected chi connectivity index (χ2v) is 3.48. The van der Waals surface area contributed by atoms with Gasteiger partial charge in [0.2, 0.25) is 0 Å². The molecule has 1 rings (SSSR count). The van der Waals surface area contributed by atoms with Crippen molar-refractivity contribution in [1.29, 1.82) is 0 Å². The standard InChI is InChI=1S/C7H13N2O/c1-9(2,3)5-7-4-8-10-6-7/h4,6H,5H2,1-3H3/q+1. The van der Waals surface area contributed by atoms with Crippen LogP contribution < -0.4 is 0 Å². The molecule has 0 spiro atoms. The molecule has 0 unspecified atom stereocenters. The van der Waals surface area contributed by atoms with Crippen molar-refractivity contribution >= 4 is 0 Å². The Morgan fingerprint density at radius 1 is 1.50 bits per heavy atom. The molecule has 3 nitrogen and oxygen atoms in total. The molecule has 0 radical (unpaired) electrons. The van der Waals surface area contributed by atoms with Crippen molar-refractivity contribution < 1.29 is 9.01 Å². The quantitative estimate of drug-likeness (QED) is 0.571. The zero-order valence-corrected chi connectivity index (χ0v) is 6.66. The SMILES string of the molecule is C[N+](C)(C)Cc1cnoc1. The first kappa shape index (κ1) is 7.28. The molecule has 0 N–H and O–H groups in total. The van der Waals surface area contributed by atoms with Crippen LogP contribution in [0.5, 0.6) is 0 Å².